The number of pyridine rings is 1. The summed E-state index contributed by atoms with van der Waals surface area (Å²) >= 11 is 0. The largest absolute Gasteiger partial charge is 0.323 e. The third kappa shape index (κ3) is 3.45. The van der Waals surface area contributed by atoms with Gasteiger partial charge in [0.1, 0.15) is 5.82 Å². The highest BCUT2D eigenvalue weighted by molar-refractivity contribution is 5.92. The highest BCUT2D eigenvalue weighted by Gasteiger charge is 2.11. The van der Waals surface area contributed by atoms with Crippen molar-refractivity contribution < 1.29 is 4.79 Å². The van der Waals surface area contributed by atoms with E-state index in [0.29, 0.717) is 24.5 Å². The van der Waals surface area contributed by atoms with Crippen molar-refractivity contribution in [2.45, 2.75) is 26.8 Å². The smallest absolute Gasteiger partial charge is 0.226 e. The van der Waals surface area contributed by atoms with Crippen LogP contribution in [0.2, 0.25) is 0 Å². The number of aromatic nitrogens is 5. The average Bonchev–Trinajstić information content (AvgIpc) is 3.14. The first-order chi connectivity index (χ1) is 11.1. The lowest BCUT2D eigenvalue weighted by atomic mass is 10.3. The van der Waals surface area contributed by atoms with Crippen LogP contribution in [-0.4, -0.2) is 30.2 Å². The van der Waals surface area contributed by atoms with Gasteiger partial charge >= 0.3 is 0 Å². The lowest BCUT2D eigenvalue weighted by Crippen LogP contribution is -2.16. The summed E-state index contributed by atoms with van der Waals surface area (Å²) in [5.74, 6) is 1.39. The van der Waals surface area contributed by atoms with Gasteiger partial charge in [0, 0.05) is 37.8 Å². The summed E-state index contributed by atoms with van der Waals surface area (Å²) in [4.78, 5) is 20.7. The molecule has 7 heteroatoms. The maximum absolute atomic E-state index is 12.2. The monoisotopic (exact) mass is 310 g/mol. The number of carbonyl (C=O) groups excluding carboxylic acids is 1. The van der Waals surface area contributed by atoms with E-state index in [1.165, 1.54) is 0 Å². The zero-order valence-electron chi connectivity index (χ0n) is 13.1. The molecule has 118 valence electrons. The van der Waals surface area contributed by atoms with Crippen molar-refractivity contribution in [1.29, 1.82) is 0 Å². The Labute approximate surface area is 134 Å². The molecule has 1 amide bonds. The molecule has 0 aliphatic rings. The molecule has 1 N–H and O–H groups in total. The molecule has 0 aromatic carbocycles. The van der Waals surface area contributed by atoms with Gasteiger partial charge in [0.05, 0.1) is 11.9 Å². The van der Waals surface area contributed by atoms with Gasteiger partial charge in [-0.05, 0) is 31.5 Å². The predicted octanol–water partition coefficient (Wildman–Crippen LogP) is 2.11. The van der Waals surface area contributed by atoms with Crippen molar-refractivity contribution in [3.8, 4) is 5.82 Å². The molecule has 0 bridgehead atoms. The third-order valence-corrected chi connectivity index (χ3v) is 3.45. The van der Waals surface area contributed by atoms with Crippen molar-refractivity contribution in [2.75, 3.05) is 5.32 Å². The highest BCUT2D eigenvalue weighted by atomic mass is 16.1. The Morgan fingerprint density at radius 2 is 2.13 bits per heavy atom. The molecule has 0 atom stereocenters. The molecule has 0 saturated heterocycles. The van der Waals surface area contributed by atoms with Crippen molar-refractivity contribution >= 4 is 11.6 Å². The van der Waals surface area contributed by atoms with Crippen molar-refractivity contribution in [3.05, 3.63) is 54.5 Å². The SMILES string of the molecule is Cc1cnn(CCC(=O)Nc2cccnc2-n2ccnc2C)c1. The van der Waals surface area contributed by atoms with Crippen LogP contribution >= 0.6 is 0 Å². The Hall–Kier alpha value is -2.96. The van der Waals surface area contributed by atoms with Gasteiger partial charge in [-0.25, -0.2) is 9.97 Å². The predicted molar refractivity (Wildman–Crippen MR) is 86.3 cm³/mol. The summed E-state index contributed by atoms with van der Waals surface area (Å²) in [6.07, 6.45) is 9.25. The normalized spacial score (nSPS) is 10.7. The number of rotatable bonds is 5. The number of hydrogen-bond acceptors (Lipinski definition) is 4. The number of amides is 1. The number of imidazole rings is 1. The van der Waals surface area contributed by atoms with Crippen LogP contribution in [0.3, 0.4) is 0 Å². The molecule has 0 saturated carbocycles. The van der Waals surface area contributed by atoms with Crippen LogP contribution in [0.15, 0.2) is 43.1 Å². The second kappa shape index (κ2) is 6.43. The molecule has 0 fully saturated rings. The first-order valence-electron chi connectivity index (χ1n) is 7.38. The van der Waals surface area contributed by atoms with Crippen LogP contribution in [-0.2, 0) is 11.3 Å². The van der Waals surface area contributed by atoms with E-state index in [0.717, 1.165) is 11.4 Å². The van der Waals surface area contributed by atoms with E-state index in [1.807, 2.05) is 36.9 Å². The fourth-order valence-corrected chi connectivity index (χ4v) is 2.31. The van der Waals surface area contributed by atoms with E-state index < -0.39 is 0 Å². The van der Waals surface area contributed by atoms with Gasteiger partial charge in [0.25, 0.3) is 0 Å². The van der Waals surface area contributed by atoms with Gasteiger partial charge in [-0.15, -0.1) is 0 Å². The molecule has 0 aliphatic heterocycles. The number of nitrogens with zero attached hydrogens (tertiary/aromatic N) is 5. The molecule has 0 spiro atoms. The van der Waals surface area contributed by atoms with Crippen molar-refractivity contribution in [1.82, 2.24) is 24.3 Å². The minimum absolute atomic E-state index is 0.0785. The van der Waals surface area contributed by atoms with Crippen LogP contribution in [0, 0.1) is 13.8 Å². The third-order valence-electron chi connectivity index (χ3n) is 3.45. The van der Waals surface area contributed by atoms with E-state index in [9.17, 15) is 4.79 Å². The zero-order valence-corrected chi connectivity index (χ0v) is 13.1. The summed E-state index contributed by atoms with van der Waals surface area (Å²) in [6, 6.07) is 3.62. The summed E-state index contributed by atoms with van der Waals surface area (Å²) in [5, 5.41) is 7.09. The molecule has 3 heterocycles. The number of hydrogen-bond donors (Lipinski definition) is 1. The quantitative estimate of drug-likeness (QED) is 0.783. The van der Waals surface area contributed by atoms with E-state index in [2.05, 4.69) is 20.4 Å². The van der Waals surface area contributed by atoms with E-state index in [1.54, 1.807) is 29.3 Å². The highest BCUT2D eigenvalue weighted by Crippen LogP contribution is 2.18. The summed E-state index contributed by atoms with van der Waals surface area (Å²) in [6.45, 7) is 4.40. The van der Waals surface area contributed by atoms with Gasteiger partial charge in [-0.2, -0.15) is 5.10 Å². The minimum atomic E-state index is -0.0785. The fourth-order valence-electron chi connectivity index (χ4n) is 2.31. The van der Waals surface area contributed by atoms with Gasteiger partial charge in [0.15, 0.2) is 5.82 Å². The lowest BCUT2D eigenvalue weighted by Gasteiger charge is -2.11. The Morgan fingerprint density at radius 1 is 1.26 bits per heavy atom. The second-order valence-corrected chi connectivity index (χ2v) is 5.30. The van der Waals surface area contributed by atoms with Crippen LogP contribution in [0.5, 0.6) is 0 Å². The number of anilines is 1. The first-order valence-corrected chi connectivity index (χ1v) is 7.38. The molecule has 23 heavy (non-hydrogen) atoms. The Bertz CT molecular complexity index is 819. The van der Waals surface area contributed by atoms with Gasteiger partial charge in [-0.3, -0.25) is 14.0 Å². The molecule has 3 aromatic heterocycles. The Kier molecular flexibility index (Phi) is 4.18. The topological polar surface area (TPSA) is 77.6 Å². The molecule has 0 unspecified atom stereocenters. The average molecular weight is 310 g/mol. The number of carbonyl (C=O) groups is 1. The molecule has 0 aliphatic carbocycles. The second-order valence-electron chi connectivity index (χ2n) is 5.30. The summed E-state index contributed by atoms with van der Waals surface area (Å²) in [5.41, 5.74) is 1.74. The maximum atomic E-state index is 12.2. The van der Waals surface area contributed by atoms with Gasteiger partial charge in [0.2, 0.25) is 5.91 Å². The van der Waals surface area contributed by atoms with Crippen LogP contribution in [0.25, 0.3) is 5.82 Å². The van der Waals surface area contributed by atoms with E-state index in [4.69, 9.17) is 0 Å². The van der Waals surface area contributed by atoms with Crippen LogP contribution < -0.4 is 5.32 Å². The lowest BCUT2D eigenvalue weighted by molar-refractivity contribution is -0.116. The molecule has 3 aromatic rings. The first kappa shape index (κ1) is 15.0. The number of nitrogens with one attached hydrogen (secondary N) is 1. The van der Waals surface area contributed by atoms with Crippen LogP contribution in [0.4, 0.5) is 5.69 Å². The molecular weight excluding hydrogens is 292 g/mol. The maximum Gasteiger partial charge on any atom is 0.226 e. The van der Waals surface area contributed by atoms with E-state index >= 15 is 0 Å². The summed E-state index contributed by atoms with van der Waals surface area (Å²) in [7, 11) is 0. The molecular formula is C16H18N6O. The zero-order chi connectivity index (χ0) is 16.2. The Morgan fingerprint density at radius 3 is 2.83 bits per heavy atom. The van der Waals surface area contributed by atoms with Crippen LogP contribution in [0.1, 0.15) is 17.8 Å². The van der Waals surface area contributed by atoms with Gasteiger partial charge in [-0.1, -0.05) is 0 Å². The van der Waals surface area contributed by atoms with Crippen molar-refractivity contribution in [2.24, 2.45) is 0 Å². The standard InChI is InChI=1S/C16H18N6O/c1-12-10-19-21(11-12)8-5-15(23)20-14-4-3-6-18-16(14)22-9-7-17-13(22)2/h3-4,6-7,9-11H,5,8H2,1-2H3,(H,20,23). The van der Waals surface area contributed by atoms with Gasteiger partial charge < -0.3 is 5.32 Å². The summed E-state index contributed by atoms with van der Waals surface area (Å²) < 4.78 is 3.60. The van der Waals surface area contributed by atoms with E-state index in [-0.39, 0.29) is 5.91 Å². The number of aryl methyl sites for hydroxylation is 3. The molecule has 0 radical (unpaired) electrons. The molecule has 7 nitrogen and oxygen atoms in total. The Balaban J connectivity index is 1.70. The van der Waals surface area contributed by atoms with Crippen molar-refractivity contribution in [3.63, 3.8) is 0 Å². The minimum Gasteiger partial charge on any atom is -0.323 e. The molecule has 3 rings (SSSR count). The fraction of sp³-hybridized carbons (Fsp3) is 0.250.